The predicted octanol–water partition coefficient (Wildman–Crippen LogP) is 4.30. The Morgan fingerprint density at radius 1 is 1.18 bits per heavy atom. The molecule has 0 saturated heterocycles. The smallest absolute Gasteiger partial charge is 0.416 e. The van der Waals surface area contributed by atoms with Gasteiger partial charge < -0.3 is 20.2 Å². The summed E-state index contributed by atoms with van der Waals surface area (Å²) in [4.78, 5) is 18.2. The van der Waals surface area contributed by atoms with Crippen LogP contribution < -0.4 is 5.73 Å². The van der Waals surface area contributed by atoms with E-state index in [9.17, 15) is 36.2 Å². The zero-order valence-corrected chi connectivity index (χ0v) is 18.3. The fraction of sp³-hybridized carbons (Fsp3) is 0.600. The molecule has 3 N–H and O–H groups in total. The number of hydrogen-bond acceptors (Lipinski definition) is 7. The van der Waals surface area contributed by atoms with E-state index in [1.807, 2.05) is 0 Å². The fourth-order valence-corrected chi connectivity index (χ4v) is 3.65. The number of aliphatic hydroxyl groups is 1. The van der Waals surface area contributed by atoms with E-state index in [1.54, 1.807) is 13.8 Å². The quantitative estimate of drug-likeness (QED) is 0.597. The second-order valence-corrected chi connectivity index (χ2v) is 8.16. The van der Waals surface area contributed by atoms with Crippen molar-refractivity contribution in [2.75, 3.05) is 12.3 Å². The summed E-state index contributed by atoms with van der Waals surface area (Å²) in [5.74, 6) is -2.96. The number of alkyl halides is 6. The molecule has 0 aliphatic carbocycles. The molecule has 0 radical (unpaired) electrons. The number of anilines is 1. The fourth-order valence-electron chi connectivity index (χ4n) is 3.65. The van der Waals surface area contributed by atoms with E-state index in [0.717, 1.165) is 0 Å². The van der Waals surface area contributed by atoms with Crippen LogP contribution in [-0.2, 0) is 11.8 Å². The number of aromatic nitrogens is 3. The van der Waals surface area contributed by atoms with Gasteiger partial charge in [0.1, 0.15) is 5.69 Å². The first kappa shape index (κ1) is 25.7. The third-order valence-corrected chi connectivity index (χ3v) is 5.83. The molecule has 4 bridgehead atoms. The van der Waals surface area contributed by atoms with Crippen molar-refractivity contribution in [3.05, 3.63) is 23.2 Å². The van der Waals surface area contributed by atoms with Crippen LogP contribution in [0.15, 0.2) is 10.5 Å². The second kappa shape index (κ2) is 9.04. The van der Waals surface area contributed by atoms with Crippen molar-refractivity contribution in [2.24, 2.45) is 0 Å². The number of carbonyl (C=O) groups is 1. The highest BCUT2D eigenvalue weighted by Gasteiger charge is 2.58. The predicted molar refractivity (Wildman–Crippen MR) is 106 cm³/mol. The van der Waals surface area contributed by atoms with Crippen molar-refractivity contribution in [3.63, 3.8) is 0 Å². The largest absolute Gasteiger partial charge is 0.426 e. The Kier molecular flexibility index (Phi) is 6.84. The summed E-state index contributed by atoms with van der Waals surface area (Å²) in [5.41, 5.74) is -1.41. The number of amides is 1. The standard InChI is InChI=1S/C20H23F6N5O3/c1-3-10(2)31-8-6-4-5-7-18(33,20(24,25)26)17-30-29-15(34-17)14-12(27)9-11(19(21,22)23)13(28-14)16(31)32/h9-10,33H,3-8,27H2,1-2H3/t10-,18+/m0/s1. The molecule has 8 nitrogen and oxygen atoms in total. The number of carbonyl (C=O) groups excluding carboxylic acids is 1. The molecule has 0 unspecified atom stereocenters. The van der Waals surface area contributed by atoms with Crippen LogP contribution in [0.5, 0.6) is 0 Å². The number of nitrogens with zero attached hydrogens (tertiary/aromatic N) is 4. The van der Waals surface area contributed by atoms with Crippen LogP contribution in [0.2, 0.25) is 0 Å². The Labute approximate surface area is 190 Å². The van der Waals surface area contributed by atoms with Gasteiger partial charge in [-0.15, -0.1) is 10.2 Å². The van der Waals surface area contributed by atoms with Gasteiger partial charge >= 0.3 is 12.4 Å². The van der Waals surface area contributed by atoms with Gasteiger partial charge in [0.25, 0.3) is 17.7 Å². The van der Waals surface area contributed by atoms with E-state index in [-0.39, 0.29) is 25.8 Å². The molecule has 0 spiro atoms. The van der Waals surface area contributed by atoms with Gasteiger partial charge in [0.15, 0.2) is 5.69 Å². The first-order chi connectivity index (χ1) is 15.7. The van der Waals surface area contributed by atoms with Crippen molar-refractivity contribution in [1.29, 1.82) is 0 Å². The van der Waals surface area contributed by atoms with Crippen LogP contribution in [0.3, 0.4) is 0 Å². The van der Waals surface area contributed by atoms with Gasteiger partial charge in [0.05, 0.1) is 11.3 Å². The molecular formula is C20H23F6N5O3. The van der Waals surface area contributed by atoms with Gasteiger partial charge in [0.2, 0.25) is 5.60 Å². The van der Waals surface area contributed by atoms with Crippen LogP contribution >= 0.6 is 0 Å². The lowest BCUT2D eigenvalue weighted by atomic mass is 9.95. The number of nitrogen functional groups attached to an aromatic ring is 1. The lowest BCUT2D eigenvalue weighted by Crippen LogP contribution is -2.43. The van der Waals surface area contributed by atoms with Crippen molar-refractivity contribution in [1.82, 2.24) is 20.1 Å². The van der Waals surface area contributed by atoms with Crippen LogP contribution in [0, 0.1) is 0 Å². The molecule has 188 valence electrons. The molecule has 2 atom stereocenters. The highest BCUT2D eigenvalue weighted by Crippen LogP contribution is 2.43. The molecule has 1 aliphatic rings. The summed E-state index contributed by atoms with van der Waals surface area (Å²) in [6.45, 7) is 3.35. The minimum absolute atomic E-state index is 0.0185. The molecule has 3 rings (SSSR count). The Morgan fingerprint density at radius 2 is 1.85 bits per heavy atom. The van der Waals surface area contributed by atoms with Gasteiger partial charge in [-0.2, -0.15) is 26.3 Å². The lowest BCUT2D eigenvalue weighted by molar-refractivity contribution is -0.277. The monoisotopic (exact) mass is 495 g/mol. The Morgan fingerprint density at radius 3 is 2.44 bits per heavy atom. The second-order valence-electron chi connectivity index (χ2n) is 8.16. The summed E-state index contributed by atoms with van der Waals surface area (Å²) in [7, 11) is 0. The Balaban J connectivity index is 2.26. The van der Waals surface area contributed by atoms with Crippen molar-refractivity contribution < 1.29 is 40.7 Å². The van der Waals surface area contributed by atoms with Gasteiger partial charge in [-0.25, -0.2) is 4.98 Å². The molecular weight excluding hydrogens is 472 g/mol. The maximum Gasteiger partial charge on any atom is 0.426 e. The van der Waals surface area contributed by atoms with Crippen LogP contribution in [-0.4, -0.2) is 49.9 Å². The van der Waals surface area contributed by atoms with Gasteiger partial charge in [0, 0.05) is 12.6 Å². The zero-order valence-electron chi connectivity index (χ0n) is 18.3. The van der Waals surface area contributed by atoms with Gasteiger partial charge in [-0.3, -0.25) is 4.79 Å². The van der Waals surface area contributed by atoms with Crippen molar-refractivity contribution in [2.45, 2.75) is 69.9 Å². The summed E-state index contributed by atoms with van der Waals surface area (Å²) >= 11 is 0. The number of rotatable bonds is 2. The van der Waals surface area contributed by atoms with E-state index in [4.69, 9.17) is 10.2 Å². The van der Waals surface area contributed by atoms with Crippen LogP contribution in [0.1, 0.15) is 67.9 Å². The Hall–Kier alpha value is -2.90. The molecule has 1 amide bonds. The topological polar surface area (TPSA) is 118 Å². The van der Waals surface area contributed by atoms with E-state index in [2.05, 4.69) is 15.2 Å². The molecule has 14 heteroatoms. The average Bonchev–Trinajstić information content (AvgIpc) is 3.23. The summed E-state index contributed by atoms with van der Waals surface area (Å²) in [5, 5.41) is 17.1. The maximum absolute atomic E-state index is 13.7. The van der Waals surface area contributed by atoms with Crippen molar-refractivity contribution in [3.8, 4) is 11.6 Å². The number of halogens is 6. The highest BCUT2D eigenvalue weighted by atomic mass is 19.4. The first-order valence-corrected chi connectivity index (χ1v) is 10.5. The summed E-state index contributed by atoms with van der Waals surface area (Å²) < 4.78 is 87.4. The Bertz CT molecular complexity index is 1050. The van der Waals surface area contributed by atoms with E-state index in [1.165, 1.54) is 4.90 Å². The van der Waals surface area contributed by atoms with E-state index in [0.29, 0.717) is 12.5 Å². The third kappa shape index (κ3) is 4.68. The highest BCUT2D eigenvalue weighted by molar-refractivity contribution is 5.95. The SMILES string of the molecule is CC[C@H](C)N1CCCCC[C@](O)(C(F)(F)F)c2nnc(o2)-c2nc(c(C(F)(F)F)cc2N)C1=O. The molecule has 0 aromatic carbocycles. The van der Waals surface area contributed by atoms with E-state index >= 15 is 0 Å². The average molecular weight is 495 g/mol. The number of hydrogen-bond donors (Lipinski definition) is 2. The molecule has 2 aromatic rings. The molecule has 0 fully saturated rings. The maximum atomic E-state index is 13.7. The first-order valence-electron chi connectivity index (χ1n) is 10.5. The van der Waals surface area contributed by atoms with Crippen molar-refractivity contribution >= 4 is 11.6 Å². The van der Waals surface area contributed by atoms with Crippen LogP contribution in [0.4, 0.5) is 32.0 Å². The molecule has 3 heterocycles. The summed E-state index contributed by atoms with van der Waals surface area (Å²) in [6.07, 6.45) is -10.3. The minimum atomic E-state index is -5.17. The lowest BCUT2D eigenvalue weighted by Gasteiger charge is -2.30. The summed E-state index contributed by atoms with van der Waals surface area (Å²) in [6, 6.07) is -0.0258. The number of nitrogens with two attached hydrogens (primary N) is 1. The van der Waals surface area contributed by atoms with Gasteiger partial charge in [-0.05, 0) is 38.7 Å². The number of fused-ring (bicyclic) bond motifs is 5. The zero-order chi connectivity index (χ0) is 25.5. The molecule has 1 aliphatic heterocycles. The molecule has 34 heavy (non-hydrogen) atoms. The molecule has 0 saturated carbocycles. The number of pyridine rings is 1. The normalized spacial score (nSPS) is 21.3. The minimum Gasteiger partial charge on any atom is -0.416 e. The van der Waals surface area contributed by atoms with Crippen LogP contribution in [0.25, 0.3) is 11.6 Å². The third-order valence-electron chi connectivity index (χ3n) is 5.83. The van der Waals surface area contributed by atoms with E-state index < -0.39 is 70.7 Å². The molecule has 2 aromatic heterocycles. The van der Waals surface area contributed by atoms with Gasteiger partial charge in [-0.1, -0.05) is 13.3 Å².